The topological polar surface area (TPSA) is 86.8 Å². The van der Waals surface area contributed by atoms with E-state index in [-0.39, 0.29) is 12.5 Å². The molecule has 0 fully saturated rings. The second-order valence-electron chi connectivity index (χ2n) is 9.28. The molecule has 0 radical (unpaired) electrons. The van der Waals surface area contributed by atoms with Gasteiger partial charge in [-0.2, -0.15) is 0 Å². The second kappa shape index (κ2) is 12.7. The summed E-state index contributed by atoms with van der Waals surface area (Å²) >= 11 is 0. The Morgan fingerprint density at radius 3 is 2.30 bits per heavy atom. The monoisotopic (exact) mass is 523 g/mol. The van der Waals surface area contributed by atoms with Crippen molar-refractivity contribution < 1.29 is 18.0 Å². The number of sulfonamides is 1. The molecule has 0 saturated heterocycles. The van der Waals surface area contributed by atoms with Crippen molar-refractivity contribution in [1.29, 1.82) is 0 Å². The Kier molecular flexibility index (Phi) is 9.69. The number of aryl methyl sites for hydroxylation is 1. The molecule has 3 aromatic rings. The zero-order valence-corrected chi connectivity index (χ0v) is 22.9. The standard InChI is InChI=1S/C29H37N3O4S/c1-5-7-19-30-29(34)26(6-2)31(20-24-15-9-8-13-22(24)3)28(33)21-32(37(4,35)36)27-18-12-16-23-14-10-11-17-25(23)27/h8-18,26H,5-7,19-21H2,1-4H3,(H,30,34)/t26-/m1/s1. The number of carbonyl (C=O) groups is 2. The van der Waals surface area contributed by atoms with Crippen molar-refractivity contribution in [2.45, 2.75) is 52.6 Å². The summed E-state index contributed by atoms with van der Waals surface area (Å²) in [6, 6.07) is 19.8. The smallest absolute Gasteiger partial charge is 0.244 e. The summed E-state index contributed by atoms with van der Waals surface area (Å²) in [5.74, 6) is -0.659. The molecule has 0 aromatic heterocycles. The molecule has 0 bridgehead atoms. The van der Waals surface area contributed by atoms with E-state index >= 15 is 0 Å². The lowest BCUT2D eigenvalue weighted by atomic mass is 10.1. The first-order valence-corrected chi connectivity index (χ1v) is 14.6. The van der Waals surface area contributed by atoms with Crippen molar-refractivity contribution in [2.24, 2.45) is 0 Å². The van der Waals surface area contributed by atoms with Crippen molar-refractivity contribution in [3.8, 4) is 0 Å². The van der Waals surface area contributed by atoms with Gasteiger partial charge in [0.1, 0.15) is 12.6 Å². The normalized spacial score (nSPS) is 12.2. The fourth-order valence-corrected chi connectivity index (χ4v) is 5.28. The summed E-state index contributed by atoms with van der Waals surface area (Å²) in [6.07, 6.45) is 3.29. The molecule has 37 heavy (non-hydrogen) atoms. The molecule has 7 nitrogen and oxygen atoms in total. The maximum atomic E-state index is 13.9. The molecule has 0 unspecified atom stereocenters. The number of nitrogens with zero attached hydrogens (tertiary/aromatic N) is 2. The molecule has 0 aliphatic heterocycles. The van der Waals surface area contributed by atoms with Crippen LogP contribution in [0.4, 0.5) is 5.69 Å². The molecule has 0 heterocycles. The average Bonchev–Trinajstić information content (AvgIpc) is 2.87. The fraction of sp³-hybridized carbons (Fsp3) is 0.379. The predicted molar refractivity (Wildman–Crippen MR) is 150 cm³/mol. The third kappa shape index (κ3) is 7.10. The van der Waals surface area contributed by atoms with E-state index < -0.39 is 28.5 Å². The van der Waals surface area contributed by atoms with Gasteiger partial charge in [0.15, 0.2) is 0 Å². The van der Waals surface area contributed by atoms with Crippen LogP contribution in [0, 0.1) is 6.92 Å². The molecular formula is C29H37N3O4S. The highest BCUT2D eigenvalue weighted by atomic mass is 32.2. The van der Waals surface area contributed by atoms with E-state index in [1.54, 1.807) is 12.1 Å². The Balaban J connectivity index is 2.00. The Morgan fingerprint density at radius 1 is 0.946 bits per heavy atom. The van der Waals surface area contributed by atoms with Gasteiger partial charge in [-0.05, 0) is 42.3 Å². The zero-order chi connectivity index (χ0) is 27.0. The minimum Gasteiger partial charge on any atom is -0.354 e. The SMILES string of the molecule is CCCCNC(=O)[C@@H](CC)N(Cc1ccccc1C)C(=O)CN(c1cccc2ccccc12)S(C)(=O)=O. The quantitative estimate of drug-likeness (QED) is 0.351. The van der Waals surface area contributed by atoms with Gasteiger partial charge >= 0.3 is 0 Å². The summed E-state index contributed by atoms with van der Waals surface area (Å²) in [5.41, 5.74) is 2.34. The molecule has 3 aromatic carbocycles. The van der Waals surface area contributed by atoms with Crippen molar-refractivity contribution in [1.82, 2.24) is 10.2 Å². The van der Waals surface area contributed by atoms with Crippen LogP contribution in [0.15, 0.2) is 66.7 Å². The average molecular weight is 524 g/mol. The van der Waals surface area contributed by atoms with Crippen LogP contribution < -0.4 is 9.62 Å². The first kappa shape index (κ1) is 28.2. The molecule has 3 rings (SSSR count). The fourth-order valence-electron chi connectivity index (χ4n) is 4.42. The molecule has 198 valence electrons. The van der Waals surface area contributed by atoms with Crippen molar-refractivity contribution in [3.63, 3.8) is 0 Å². The van der Waals surface area contributed by atoms with Crippen molar-refractivity contribution in [3.05, 3.63) is 77.9 Å². The maximum Gasteiger partial charge on any atom is 0.244 e. The summed E-state index contributed by atoms with van der Waals surface area (Å²) in [6.45, 7) is 6.20. The van der Waals surface area contributed by atoms with Crippen LogP contribution in [0.3, 0.4) is 0 Å². The van der Waals surface area contributed by atoms with Gasteiger partial charge in [0.05, 0.1) is 11.9 Å². The van der Waals surface area contributed by atoms with Gasteiger partial charge in [-0.15, -0.1) is 0 Å². The largest absolute Gasteiger partial charge is 0.354 e. The minimum absolute atomic E-state index is 0.207. The van der Waals surface area contributed by atoms with Crippen LogP contribution in [0.25, 0.3) is 10.8 Å². The first-order valence-electron chi connectivity index (χ1n) is 12.7. The zero-order valence-electron chi connectivity index (χ0n) is 22.1. The van der Waals surface area contributed by atoms with E-state index in [0.717, 1.165) is 45.3 Å². The summed E-state index contributed by atoms with van der Waals surface area (Å²) in [7, 11) is -3.80. The van der Waals surface area contributed by atoms with Crippen LogP contribution >= 0.6 is 0 Å². The van der Waals surface area contributed by atoms with Gasteiger partial charge in [0, 0.05) is 18.5 Å². The predicted octanol–water partition coefficient (Wildman–Crippen LogP) is 4.64. The lowest BCUT2D eigenvalue weighted by Gasteiger charge is -2.33. The molecule has 8 heteroatoms. The number of unbranched alkanes of at least 4 members (excludes halogenated alkanes) is 1. The number of nitrogens with one attached hydrogen (secondary N) is 1. The lowest BCUT2D eigenvalue weighted by molar-refractivity contribution is -0.140. The third-order valence-corrected chi connectivity index (χ3v) is 7.66. The van der Waals surface area contributed by atoms with Crippen LogP contribution in [-0.4, -0.2) is 50.5 Å². The minimum atomic E-state index is -3.80. The van der Waals surface area contributed by atoms with E-state index in [2.05, 4.69) is 5.32 Å². The molecule has 1 atom stereocenters. The Morgan fingerprint density at radius 2 is 1.62 bits per heavy atom. The maximum absolute atomic E-state index is 13.9. The van der Waals surface area contributed by atoms with Crippen LogP contribution in [0.5, 0.6) is 0 Å². The van der Waals surface area contributed by atoms with Crippen molar-refractivity contribution >= 4 is 38.3 Å². The Hall–Kier alpha value is -3.39. The number of hydrogen-bond donors (Lipinski definition) is 1. The van der Waals surface area contributed by atoms with Crippen LogP contribution in [0.1, 0.15) is 44.2 Å². The Bertz CT molecular complexity index is 1330. The van der Waals surface area contributed by atoms with Crippen LogP contribution in [0.2, 0.25) is 0 Å². The third-order valence-electron chi connectivity index (χ3n) is 6.53. The van der Waals surface area contributed by atoms with E-state index in [1.165, 1.54) is 4.90 Å². The summed E-state index contributed by atoms with van der Waals surface area (Å²) < 4.78 is 27.1. The number of rotatable bonds is 12. The Labute approximate surface area is 220 Å². The number of benzene rings is 3. The molecule has 1 N–H and O–H groups in total. The molecule has 0 aliphatic carbocycles. The highest BCUT2D eigenvalue weighted by Crippen LogP contribution is 2.29. The number of fused-ring (bicyclic) bond motifs is 1. The highest BCUT2D eigenvalue weighted by molar-refractivity contribution is 7.92. The highest BCUT2D eigenvalue weighted by Gasteiger charge is 2.32. The molecule has 2 amide bonds. The number of hydrogen-bond acceptors (Lipinski definition) is 4. The van der Waals surface area contributed by atoms with Crippen LogP contribution in [-0.2, 0) is 26.2 Å². The van der Waals surface area contributed by atoms with E-state index in [4.69, 9.17) is 0 Å². The first-order chi connectivity index (χ1) is 17.7. The van der Waals surface area contributed by atoms with Gasteiger partial charge in [-0.1, -0.05) is 80.9 Å². The molecule has 0 saturated carbocycles. The van der Waals surface area contributed by atoms with E-state index in [1.807, 2.05) is 75.4 Å². The van der Waals surface area contributed by atoms with E-state index in [0.29, 0.717) is 18.7 Å². The van der Waals surface area contributed by atoms with Gasteiger partial charge in [-0.25, -0.2) is 8.42 Å². The number of amides is 2. The van der Waals surface area contributed by atoms with Gasteiger partial charge < -0.3 is 10.2 Å². The van der Waals surface area contributed by atoms with Gasteiger partial charge in [-0.3, -0.25) is 13.9 Å². The summed E-state index contributed by atoms with van der Waals surface area (Å²) in [5, 5.41) is 4.55. The van der Waals surface area contributed by atoms with Gasteiger partial charge in [0.2, 0.25) is 21.8 Å². The lowest BCUT2D eigenvalue weighted by Crippen LogP contribution is -2.52. The second-order valence-corrected chi connectivity index (χ2v) is 11.2. The molecular weight excluding hydrogens is 486 g/mol. The summed E-state index contributed by atoms with van der Waals surface area (Å²) in [4.78, 5) is 28.6. The van der Waals surface area contributed by atoms with Crippen molar-refractivity contribution in [2.75, 3.05) is 23.7 Å². The van der Waals surface area contributed by atoms with Gasteiger partial charge in [0.25, 0.3) is 0 Å². The van der Waals surface area contributed by atoms with E-state index in [9.17, 15) is 18.0 Å². The number of anilines is 1. The number of carbonyl (C=O) groups excluding carboxylic acids is 2. The molecule has 0 aliphatic rings. The molecule has 0 spiro atoms.